The van der Waals surface area contributed by atoms with Crippen LogP contribution in [0.3, 0.4) is 0 Å². The molecule has 4 nitrogen and oxygen atoms in total. The maximum Gasteiger partial charge on any atom is 0.0542 e. The molecular formula is C98H66N4. The van der Waals surface area contributed by atoms with Gasteiger partial charge in [0, 0.05) is 66.4 Å². The summed E-state index contributed by atoms with van der Waals surface area (Å²) < 4.78 is 4.88. The van der Waals surface area contributed by atoms with Crippen molar-refractivity contribution in [3.05, 3.63) is 400 Å². The largest absolute Gasteiger partial charge is 0.310 e. The smallest absolute Gasteiger partial charge is 0.0542 e. The Morgan fingerprint density at radius 3 is 0.775 bits per heavy atom. The highest BCUT2D eigenvalue weighted by Crippen LogP contribution is 2.48. The molecule has 0 radical (unpaired) electrons. The number of hydrogen-bond acceptors (Lipinski definition) is 2. The van der Waals surface area contributed by atoms with Crippen molar-refractivity contribution in [3.8, 4) is 78.1 Å². The fraction of sp³-hybridized carbons (Fsp3) is 0. The molecular weight excluding hydrogens is 1230 g/mol. The van der Waals surface area contributed by atoms with Crippen LogP contribution in [-0.4, -0.2) is 9.13 Å². The molecule has 0 saturated heterocycles. The Morgan fingerprint density at radius 2 is 0.412 bits per heavy atom. The summed E-state index contributed by atoms with van der Waals surface area (Å²) >= 11 is 0. The first-order valence-corrected chi connectivity index (χ1v) is 35.0. The molecule has 0 aliphatic rings. The van der Waals surface area contributed by atoms with E-state index >= 15 is 0 Å². The molecule has 0 aliphatic carbocycles. The first-order valence-electron chi connectivity index (χ1n) is 35.0. The Hall–Kier alpha value is -13.5. The molecule has 19 rings (SSSR count). The van der Waals surface area contributed by atoms with E-state index in [0.717, 1.165) is 100 Å². The van der Waals surface area contributed by atoms with Gasteiger partial charge in [0.15, 0.2) is 0 Å². The normalized spacial score (nSPS) is 11.5. The third-order valence-electron chi connectivity index (χ3n) is 20.5. The lowest BCUT2D eigenvalue weighted by atomic mass is 9.99. The van der Waals surface area contributed by atoms with Gasteiger partial charge >= 0.3 is 0 Å². The summed E-state index contributed by atoms with van der Waals surface area (Å²) in [6.07, 6.45) is 0. The van der Waals surface area contributed by atoms with Gasteiger partial charge in [-0.05, 0) is 193 Å². The Labute approximate surface area is 593 Å². The first kappa shape index (κ1) is 59.7. The van der Waals surface area contributed by atoms with E-state index in [1.807, 2.05) is 0 Å². The van der Waals surface area contributed by atoms with Gasteiger partial charge < -0.3 is 18.9 Å². The van der Waals surface area contributed by atoms with E-state index in [0.29, 0.717) is 0 Å². The molecule has 0 amide bonds. The molecule has 478 valence electrons. The average molecular weight is 1300 g/mol. The van der Waals surface area contributed by atoms with Gasteiger partial charge in [-0.25, -0.2) is 0 Å². The fourth-order valence-corrected chi connectivity index (χ4v) is 15.5. The summed E-state index contributed by atoms with van der Waals surface area (Å²) in [6, 6.07) is 147. The van der Waals surface area contributed by atoms with Gasteiger partial charge in [0.25, 0.3) is 0 Å². The predicted molar refractivity (Wildman–Crippen MR) is 432 cm³/mol. The molecule has 0 fully saturated rings. The van der Waals surface area contributed by atoms with Crippen molar-refractivity contribution < 1.29 is 0 Å². The average Bonchev–Trinajstić information content (AvgIpc) is 1.53. The van der Waals surface area contributed by atoms with Crippen LogP contribution in [0.4, 0.5) is 34.1 Å². The van der Waals surface area contributed by atoms with Crippen molar-refractivity contribution in [1.29, 1.82) is 0 Å². The Kier molecular flexibility index (Phi) is 14.9. The van der Waals surface area contributed by atoms with Crippen molar-refractivity contribution in [2.24, 2.45) is 0 Å². The van der Waals surface area contributed by atoms with Crippen molar-refractivity contribution in [2.75, 3.05) is 9.80 Å². The van der Waals surface area contributed by atoms with E-state index in [1.54, 1.807) is 0 Å². The maximum atomic E-state index is 2.48. The van der Waals surface area contributed by atoms with Crippen LogP contribution in [-0.2, 0) is 0 Å². The van der Waals surface area contributed by atoms with Gasteiger partial charge in [0.2, 0.25) is 0 Å². The molecule has 0 atom stereocenters. The Morgan fingerprint density at radius 1 is 0.157 bits per heavy atom. The van der Waals surface area contributed by atoms with Gasteiger partial charge in [-0.3, -0.25) is 0 Å². The molecule has 0 bridgehead atoms. The number of benzene rings is 17. The van der Waals surface area contributed by atoms with Crippen LogP contribution in [0.15, 0.2) is 400 Å². The molecule has 2 aromatic heterocycles. The predicted octanol–water partition coefficient (Wildman–Crippen LogP) is 27.1. The molecule has 0 aliphatic heterocycles. The van der Waals surface area contributed by atoms with Crippen LogP contribution in [0.2, 0.25) is 0 Å². The third-order valence-corrected chi connectivity index (χ3v) is 20.5. The van der Waals surface area contributed by atoms with E-state index in [9.17, 15) is 0 Å². The quantitative estimate of drug-likeness (QED) is 0.108. The van der Waals surface area contributed by atoms with Gasteiger partial charge in [0.1, 0.15) is 0 Å². The van der Waals surface area contributed by atoms with Gasteiger partial charge in [0.05, 0.1) is 33.4 Å². The van der Waals surface area contributed by atoms with Gasteiger partial charge in [-0.2, -0.15) is 0 Å². The lowest BCUT2D eigenvalue weighted by Crippen LogP contribution is -2.14. The zero-order chi connectivity index (χ0) is 67.5. The zero-order valence-electron chi connectivity index (χ0n) is 55.9. The van der Waals surface area contributed by atoms with E-state index in [-0.39, 0.29) is 0 Å². The molecule has 17 aromatic carbocycles. The van der Waals surface area contributed by atoms with Gasteiger partial charge in [-0.1, -0.05) is 285 Å². The molecule has 2 heterocycles. The molecule has 0 unspecified atom stereocenters. The molecule has 4 heteroatoms. The number of anilines is 6. The molecule has 19 aromatic rings. The third kappa shape index (κ3) is 10.7. The van der Waals surface area contributed by atoms with Crippen molar-refractivity contribution in [3.63, 3.8) is 0 Å². The summed E-state index contributed by atoms with van der Waals surface area (Å²) in [5, 5.41) is 9.30. The van der Waals surface area contributed by atoms with Crippen LogP contribution < -0.4 is 9.80 Å². The van der Waals surface area contributed by atoms with Gasteiger partial charge in [-0.15, -0.1) is 0 Å². The first-order chi connectivity index (χ1) is 50.6. The van der Waals surface area contributed by atoms with Crippen molar-refractivity contribution in [1.82, 2.24) is 9.13 Å². The van der Waals surface area contributed by atoms with Crippen LogP contribution in [0.25, 0.3) is 143 Å². The molecule has 102 heavy (non-hydrogen) atoms. The Balaban J connectivity index is 0.796. The summed E-state index contributed by atoms with van der Waals surface area (Å²) in [5.74, 6) is 0. The number of rotatable bonds is 14. The molecule has 0 N–H and O–H groups in total. The highest BCUT2D eigenvalue weighted by atomic mass is 15.2. The molecule has 0 spiro atoms. The second-order valence-electron chi connectivity index (χ2n) is 26.4. The monoisotopic (exact) mass is 1300 g/mol. The van der Waals surface area contributed by atoms with Crippen molar-refractivity contribution >= 4 is 99.3 Å². The second kappa shape index (κ2) is 25.4. The maximum absolute atomic E-state index is 2.48. The highest BCUT2D eigenvalue weighted by molar-refractivity contribution is 6.14. The summed E-state index contributed by atoms with van der Waals surface area (Å²) in [6.45, 7) is 0. The van der Waals surface area contributed by atoms with E-state index in [2.05, 4.69) is 419 Å². The summed E-state index contributed by atoms with van der Waals surface area (Å²) in [4.78, 5) is 4.95. The van der Waals surface area contributed by atoms with E-state index in [1.165, 1.54) is 77.2 Å². The zero-order valence-corrected chi connectivity index (χ0v) is 55.9. The minimum atomic E-state index is 1.02. The number of nitrogens with zero attached hydrogens (tertiary/aromatic N) is 4. The highest BCUT2D eigenvalue weighted by Gasteiger charge is 2.25. The topological polar surface area (TPSA) is 16.3 Å². The van der Waals surface area contributed by atoms with Crippen molar-refractivity contribution in [2.45, 2.75) is 0 Å². The summed E-state index contributed by atoms with van der Waals surface area (Å²) in [7, 11) is 0. The minimum absolute atomic E-state index is 1.02. The van der Waals surface area contributed by atoms with E-state index < -0.39 is 0 Å². The number of aromatic nitrogens is 2. The standard InChI is InChI=1S/C98H66N4/c1-5-20-67(21-6-1)71-38-42-75(43-39-71)79-50-58-95-89(62-79)91-65-85(56-60-97(91)101(95)81-52-46-73(47-53-81)69-24-9-3-10-25-69)99(93-36-17-30-77-28-13-15-34-87(77)93)83-32-19-33-84(64-83)100(94-37-18-31-78-29-14-16-35-88(78)94)86-57-61-98-92(66-86)90-63-80(76-44-40-72(41-45-76)68-22-7-2-8-23-68)51-59-96(90)102(98)82-54-48-74(49-55-82)70-26-11-4-12-27-70/h1-66H. The van der Waals surface area contributed by atoms with Crippen LogP contribution in [0, 0.1) is 0 Å². The fourth-order valence-electron chi connectivity index (χ4n) is 15.5. The van der Waals surface area contributed by atoms with Crippen LogP contribution >= 0.6 is 0 Å². The van der Waals surface area contributed by atoms with Crippen LogP contribution in [0.1, 0.15) is 0 Å². The Bertz CT molecular complexity index is 5920. The van der Waals surface area contributed by atoms with Crippen LogP contribution in [0.5, 0.6) is 0 Å². The van der Waals surface area contributed by atoms with E-state index in [4.69, 9.17) is 0 Å². The number of hydrogen-bond donors (Lipinski definition) is 0. The second-order valence-corrected chi connectivity index (χ2v) is 26.4. The number of fused-ring (bicyclic) bond motifs is 8. The SMILES string of the molecule is c1ccc(-c2ccc(-c3ccc4c(c3)c3cc(N(c5cccc(N(c6ccc7c(c6)c6cc(-c8ccc(-c9ccccc9)cc8)ccc6n7-c6ccc(-c7ccccc7)cc6)c6cccc7ccccc67)c5)c5cccc6ccccc56)ccc3n4-c3ccc(-c4ccccc4)cc3)cc2)cc1. The molecule has 0 saturated carbocycles. The lowest BCUT2D eigenvalue weighted by Gasteiger charge is -2.30. The summed E-state index contributed by atoms with van der Waals surface area (Å²) in [5.41, 5.74) is 27.2. The minimum Gasteiger partial charge on any atom is -0.310 e. The lowest BCUT2D eigenvalue weighted by molar-refractivity contribution is 1.18.